The lowest BCUT2D eigenvalue weighted by molar-refractivity contribution is -0.147. The minimum atomic E-state index is -0.814. The molecule has 9 heteroatoms. The van der Waals surface area contributed by atoms with E-state index in [1.54, 1.807) is 19.1 Å². The number of amides is 1. The van der Waals surface area contributed by atoms with E-state index in [1.807, 2.05) is 0 Å². The van der Waals surface area contributed by atoms with Crippen LogP contribution in [-0.2, 0) is 25.5 Å². The molecule has 0 spiro atoms. The molecule has 30 heavy (non-hydrogen) atoms. The number of ketones is 1. The molecule has 0 saturated carbocycles. The lowest BCUT2D eigenvalue weighted by atomic mass is 10.1. The quantitative estimate of drug-likeness (QED) is 0.491. The van der Waals surface area contributed by atoms with Crippen molar-refractivity contribution in [2.75, 3.05) is 18.5 Å². The van der Waals surface area contributed by atoms with Gasteiger partial charge in [-0.1, -0.05) is 12.1 Å². The molecule has 8 nitrogen and oxygen atoms in total. The van der Waals surface area contributed by atoms with Crippen LogP contribution in [0.5, 0.6) is 0 Å². The van der Waals surface area contributed by atoms with E-state index in [1.165, 1.54) is 26.0 Å². The molecule has 1 aromatic heterocycles. The third-order valence-corrected chi connectivity index (χ3v) is 4.06. The second-order valence-corrected chi connectivity index (χ2v) is 6.35. The van der Waals surface area contributed by atoms with Gasteiger partial charge in [0.1, 0.15) is 17.1 Å². The van der Waals surface area contributed by atoms with Crippen molar-refractivity contribution in [3.63, 3.8) is 0 Å². The van der Waals surface area contributed by atoms with Crippen LogP contribution in [-0.4, -0.2) is 36.8 Å². The molecule has 0 aliphatic carbocycles. The lowest BCUT2D eigenvalue weighted by Gasteiger charge is -2.07. The summed E-state index contributed by atoms with van der Waals surface area (Å²) in [7, 11) is 0. The Bertz CT molecular complexity index is 947. The van der Waals surface area contributed by atoms with Crippen LogP contribution in [0.3, 0.4) is 0 Å². The number of carbonyl (C=O) groups is 4. The number of hydrogen-bond donors (Lipinski definition) is 1. The molecule has 1 aromatic carbocycles. The topological polar surface area (TPSA) is 112 Å². The van der Waals surface area contributed by atoms with Crippen molar-refractivity contribution in [2.45, 2.75) is 33.6 Å². The Balaban J connectivity index is 1.96. The number of rotatable bonds is 9. The van der Waals surface area contributed by atoms with Gasteiger partial charge in [-0.15, -0.1) is 0 Å². The average molecular weight is 419 g/mol. The van der Waals surface area contributed by atoms with Gasteiger partial charge >= 0.3 is 11.9 Å². The number of furan rings is 1. The summed E-state index contributed by atoms with van der Waals surface area (Å²) in [5, 5.41) is 2.32. The van der Waals surface area contributed by atoms with E-state index < -0.39 is 30.2 Å². The summed E-state index contributed by atoms with van der Waals surface area (Å²) in [5.41, 5.74) is 0.581. The van der Waals surface area contributed by atoms with Gasteiger partial charge in [0.25, 0.3) is 5.91 Å². The first-order valence-corrected chi connectivity index (χ1v) is 9.24. The predicted octanol–water partition coefficient (Wildman–Crippen LogP) is 3.22. The number of nitrogens with one attached hydrogen (secondary N) is 1. The van der Waals surface area contributed by atoms with Crippen molar-refractivity contribution >= 4 is 29.5 Å². The number of benzene rings is 1. The van der Waals surface area contributed by atoms with Gasteiger partial charge in [-0.05, 0) is 44.9 Å². The average Bonchev–Trinajstić information content (AvgIpc) is 3.02. The van der Waals surface area contributed by atoms with Crippen LogP contribution < -0.4 is 5.32 Å². The lowest BCUT2D eigenvalue weighted by Crippen LogP contribution is -2.22. The number of halogens is 1. The van der Waals surface area contributed by atoms with Crippen molar-refractivity contribution in [1.29, 1.82) is 0 Å². The summed E-state index contributed by atoms with van der Waals surface area (Å²) < 4.78 is 28.0. The zero-order chi connectivity index (χ0) is 22.3. The zero-order valence-electron chi connectivity index (χ0n) is 16.9. The molecule has 0 radical (unpaired) electrons. The van der Waals surface area contributed by atoms with Gasteiger partial charge in [-0.2, -0.15) is 0 Å². The summed E-state index contributed by atoms with van der Waals surface area (Å²) in [6.45, 7) is 3.79. The third kappa shape index (κ3) is 6.00. The normalized spacial score (nSPS) is 10.4. The van der Waals surface area contributed by atoms with Gasteiger partial charge in [0, 0.05) is 6.42 Å². The fourth-order valence-corrected chi connectivity index (χ4v) is 2.73. The highest BCUT2D eigenvalue weighted by Crippen LogP contribution is 2.28. The number of carbonyl (C=O) groups excluding carboxylic acids is 4. The molecule has 0 atom stereocenters. The van der Waals surface area contributed by atoms with E-state index in [-0.39, 0.29) is 41.6 Å². The largest absolute Gasteiger partial charge is 0.462 e. The molecule has 1 heterocycles. The first kappa shape index (κ1) is 22.8. The minimum absolute atomic E-state index is 0.00132. The summed E-state index contributed by atoms with van der Waals surface area (Å²) in [4.78, 5) is 48.0. The molecule has 160 valence electrons. The Morgan fingerprint density at radius 3 is 2.33 bits per heavy atom. The molecular formula is C21H22FNO7. The van der Waals surface area contributed by atoms with E-state index in [9.17, 15) is 23.6 Å². The van der Waals surface area contributed by atoms with Crippen LogP contribution in [0.15, 0.2) is 28.7 Å². The molecule has 2 aromatic rings. The summed E-state index contributed by atoms with van der Waals surface area (Å²) in [6, 6.07) is 5.68. The molecule has 1 N–H and O–H groups in total. The van der Waals surface area contributed by atoms with Crippen molar-refractivity contribution in [3.05, 3.63) is 52.5 Å². The van der Waals surface area contributed by atoms with Crippen LogP contribution in [0.2, 0.25) is 0 Å². The fraction of sp³-hybridized carbons (Fsp3) is 0.333. The number of esters is 2. The van der Waals surface area contributed by atoms with Crippen LogP contribution in [0.4, 0.5) is 10.3 Å². The van der Waals surface area contributed by atoms with Crippen molar-refractivity contribution < 1.29 is 37.5 Å². The van der Waals surface area contributed by atoms with Crippen molar-refractivity contribution in [3.8, 4) is 0 Å². The molecule has 0 unspecified atom stereocenters. The second kappa shape index (κ2) is 10.3. The van der Waals surface area contributed by atoms with E-state index in [0.717, 1.165) is 5.56 Å². The first-order chi connectivity index (χ1) is 14.2. The maximum atomic E-state index is 12.9. The monoisotopic (exact) mass is 419 g/mol. The third-order valence-electron chi connectivity index (χ3n) is 4.06. The van der Waals surface area contributed by atoms with E-state index >= 15 is 0 Å². The molecule has 0 fully saturated rings. The van der Waals surface area contributed by atoms with Crippen LogP contribution >= 0.6 is 0 Å². The predicted molar refractivity (Wildman–Crippen MR) is 104 cm³/mol. The molecule has 1 amide bonds. The number of Topliss-reactive ketones (excluding diaryl/α,β-unsaturated/α-hetero) is 1. The smallest absolute Gasteiger partial charge is 0.344 e. The van der Waals surface area contributed by atoms with Crippen molar-refractivity contribution in [2.24, 2.45) is 0 Å². The number of anilines is 1. The zero-order valence-corrected chi connectivity index (χ0v) is 16.9. The molecule has 2 rings (SSSR count). The molecule has 0 aliphatic heterocycles. The number of hydrogen-bond acceptors (Lipinski definition) is 7. The van der Waals surface area contributed by atoms with Crippen LogP contribution in [0.1, 0.15) is 52.3 Å². The second-order valence-electron chi connectivity index (χ2n) is 6.35. The molecular weight excluding hydrogens is 397 g/mol. The molecule has 0 saturated heterocycles. The highest BCUT2D eigenvalue weighted by atomic mass is 19.1. The van der Waals surface area contributed by atoms with Gasteiger partial charge in [-0.25, -0.2) is 9.18 Å². The standard InChI is InChI=1S/C21H22FNO7/c1-4-28-21(27)19-18(12(2)24)13(3)30-20(19)23-16(25)11-29-17(26)10-7-14-5-8-15(22)9-6-14/h5-6,8-9H,4,7,10-11H2,1-3H3,(H,23,25). The molecule has 0 aliphatic rings. The number of ether oxygens (including phenoxy) is 2. The van der Waals surface area contributed by atoms with Gasteiger partial charge in [0.05, 0.1) is 12.2 Å². The maximum absolute atomic E-state index is 12.9. The van der Waals surface area contributed by atoms with Gasteiger partial charge in [0.15, 0.2) is 12.4 Å². The van der Waals surface area contributed by atoms with Crippen LogP contribution in [0, 0.1) is 12.7 Å². The molecule has 0 bridgehead atoms. The highest BCUT2D eigenvalue weighted by molar-refractivity contribution is 6.10. The fourth-order valence-electron chi connectivity index (χ4n) is 2.73. The van der Waals surface area contributed by atoms with Gasteiger partial charge in [-0.3, -0.25) is 19.7 Å². The van der Waals surface area contributed by atoms with E-state index in [2.05, 4.69) is 5.32 Å². The minimum Gasteiger partial charge on any atom is -0.462 e. The van der Waals surface area contributed by atoms with Crippen molar-refractivity contribution in [1.82, 2.24) is 0 Å². The first-order valence-electron chi connectivity index (χ1n) is 9.24. The SMILES string of the molecule is CCOC(=O)c1c(NC(=O)COC(=O)CCc2ccc(F)cc2)oc(C)c1C(C)=O. The Morgan fingerprint density at radius 1 is 1.07 bits per heavy atom. The maximum Gasteiger partial charge on any atom is 0.344 e. The van der Waals surface area contributed by atoms with E-state index in [0.29, 0.717) is 6.42 Å². The highest BCUT2D eigenvalue weighted by Gasteiger charge is 2.28. The Labute approximate surface area is 172 Å². The van der Waals surface area contributed by atoms with Crippen LogP contribution in [0.25, 0.3) is 0 Å². The Kier molecular flexibility index (Phi) is 7.85. The summed E-state index contributed by atoms with van der Waals surface area (Å²) in [5.74, 6) is -3.08. The van der Waals surface area contributed by atoms with Gasteiger partial charge in [0.2, 0.25) is 5.88 Å². The Morgan fingerprint density at radius 2 is 1.73 bits per heavy atom. The van der Waals surface area contributed by atoms with E-state index in [4.69, 9.17) is 13.9 Å². The summed E-state index contributed by atoms with van der Waals surface area (Å²) in [6.07, 6.45) is 0.328. The Hall–Kier alpha value is -3.49. The number of aryl methyl sites for hydroxylation is 2. The summed E-state index contributed by atoms with van der Waals surface area (Å²) >= 11 is 0. The van der Waals surface area contributed by atoms with Gasteiger partial charge < -0.3 is 13.9 Å².